The molecule has 0 aliphatic carbocycles. The fourth-order valence-electron chi connectivity index (χ4n) is 4.19. The Bertz CT molecular complexity index is 1150. The number of carbonyl (C=O) groups excluding carboxylic acids is 2. The van der Waals surface area contributed by atoms with Gasteiger partial charge in [0.15, 0.2) is 0 Å². The van der Waals surface area contributed by atoms with Crippen molar-refractivity contribution in [3.63, 3.8) is 0 Å². The largest absolute Gasteiger partial charge is 0.495 e. The van der Waals surface area contributed by atoms with Gasteiger partial charge in [-0.05, 0) is 50.8 Å². The molecule has 2 atom stereocenters. The van der Waals surface area contributed by atoms with Gasteiger partial charge in [0.1, 0.15) is 11.8 Å². The van der Waals surface area contributed by atoms with Gasteiger partial charge < -0.3 is 15.0 Å². The van der Waals surface area contributed by atoms with E-state index in [1.54, 1.807) is 29.2 Å². The van der Waals surface area contributed by atoms with Crippen LogP contribution in [0.3, 0.4) is 0 Å². The lowest BCUT2D eigenvalue weighted by atomic mass is 10.1. The second-order valence-electron chi connectivity index (χ2n) is 9.36. The number of benzene rings is 2. The molecule has 0 aliphatic heterocycles. The molecule has 0 radical (unpaired) electrons. The Balaban J connectivity index is 2.25. The first-order valence-corrected chi connectivity index (χ1v) is 14.6. The summed E-state index contributed by atoms with van der Waals surface area (Å²) in [4.78, 5) is 28.3. The second kappa shape index (κ2) is 14.0. The molecule has 0 fully saturated rings. The van der Waals surface area contributed by atoms with Crippen LogP contribution in [0.2, 0.25) is 0 Å². The average Bonchev–Trinajstić information content (AvgIpc) is 2.85. The molecule has 2 amide bonds. The van der Waals surface area contributed by atoms with E-state index in [2.05, 4.69) is 5.32 Å². The zero-order chi connectivity index (χ0) is 27.6. The second-order valence-corrected chi connectivity index (χ2v) is 11.3. The Morgan fingerprint density at radius 2 is 1.76 bits per heavy atom. The maximum atomic E-state index is 13.5. The zero-order valence-electron chi connectivity index (χ0n) is 22.9. The van der Waals surface area contributed by atoms with Gasteiger partial charge in [-0.15, -0.1) is 0 Å². The van der Waals surface area contributed by atoms with Crippen LogP contribution in [0.25, 0.3) is 0 Å². The number of rotatable bonds is 14. The SMILES string of the molecule is CC[C@H](C(=O)N[C@@H](C)CC)N(Cc1cccc(C)c1)C(=O)CCCN(c1ccccc1OC)S(C)(=O)=O. The lowest BCUT2D eigenvalue weighted by molar-refractivity contribution is -0.141. The van der Waals surface area contributed by atoms with Crippen LogP contribution in [0.1, 0.15) is 57.6 Å². The number of hydrogen-bond acceptors (Lipinski definition) is 5. The molecular formula is C28H41N3O5S. The first kappa shape index (κ1) is 30.2. The van der Waals surface area contributed by atoms with Crippen LogP contribution in [-0.2, 0) is 26.2 Å². The number of methoxy groups -OCH3 is 1. The number of aryl methyl sites for hydroxylation is 1. The minimum atomic E-state index is -3.61. The smallest absolute Gasteiger partial charge is 0.243 e. The molecule has 204 valence electrons. The fraction of sp³-hybridized carbons (Fsp3) is 0.500. The third kappa shape index (κ3) is 8.77. The molecule has 0 unspecified atom stereocenters. The number of carbonyl (C=O) groups is 2. The summed E-state index contributed by atoms with van der Waals surface area (Å²) in [5.41, 5.74) is 2.44. The standard InChI is InChI=1S/C28H41N3O5S/c1-7-22(4)29-28(33)24(8-2)30(20-23-14-11-13-21(3)19-23)27(32)17-12-18-31(37(6,34)35)25-15-9-10-16-26(25)36-5/h9-11,13-16,19,22,24H,7-8,12,17-18,20H2,1-6H3,(H,29,33)/t22-,24+/m0/s1. The molecule has 0 aromatic heterocycles. The third-order valence-corrected chi connectivity index (χ3v) is 7.51. The monoisotopic (exact) mass is 531 g/mol. The third-order valence-electron chi connectivity index (χ3n) is 6.33. The minimum Gasteiger partial charge on any atom is -0.495 e. The number of sulfonamides is 1. The van der Waals surface area contributed by atoms with Crippen LogP contribution in [0.4, 0.5) is 5.69 Å². The summed E-state index contributed by atoms with van der Waals surface area (Å²) in [6.45, 7) is 8.23. The van der Waals surface area contributed by atoms with Crippen molar-refractivity contribution in [2.45, 2.75) is 72.0 Å². The van der Waals surface area contributed by atoms with Crippen molar-refractivity contribution >= 4 is 27.5 Å². The maximum Gasteiger partial charge on any atom is 0.243 e. The Morgan fingerprint density at radius 3 is 2.35 bits per heavy atom. The normalized spacial score (nSPS) is 12.9. The zero-order valence-corrected chi connectivity index (χ0v) is 23.7. The summed E-state index contributed by atoms with van der Waals surface area (Å²) in [5.74, 6) is 0.0684. The van der Waals surface area contributed by atoms with Crippen molar-refractivity contribution in [2.75, 3.05) is 24.2 Å². The van der Waals surface area contributed by atoms with Crippen molar-refractivity contribution in [1.29, 1.82) is 0 Å². The van der Waals surface area contributed by atoms with Crippen LogP contribution in [0.5, 0.6) is 5.75 Å². The lowest BCUT2D eigenvalue weighted by Crippen LogP contribution is -2.50. The number of nitrogens with zero attached hydrogens (tertiary/aromatic N) is 2. The van der Waals surface area contributed by atoms with Gasteiger partial charge in [0.2, 0.25) is 21.8 Å². The first-order valence-electron chi connectivity index (χ1n) is 12.8. The van der Waals surface area contributed by atoms with E-state index in [9.17, 15) is 18.0 Å². The summed E-state index contributed by atoms with van der Waals surface area (Å²) < 4.78 is 31.8. The topological polar surface area (TPSA) is 96.0 Å². The molecule has 2 aromatic carbocycles. The van der Waals surface area contributed by atoms with Crippen LogP contribution in [0.15, 0.2) is 48.5 Å². The van der Waals surface area contributed by atoms with Gasteiger partial charge >= 0.3 is 0 Å². The summed E-state index contributed by atoms with van der Waals surface area (Å²) in [7, 11) is -2.12. The van der Waals surface area contributed by atoms with Gasteiger partial charge in [0, 0.05) is 25.6 Å². The highest BCUT2D eigenvalue weighted by Gasteiger charge is 2.29. The summed E-state index contributed by atoms with van der Waals surface area (Å²) >= 11 is 0. The predicted octanol–water partition coefficient (Wildman–Crippen LogP) is 4.27. The Labute approximate surface area is 222 Å². The highest BCUT2D eigenvalue weighted by Crippen LogP contribution is 2.29. The van der Waals surface area contributed by atoms with Crippen molar-refractivity contribution < 1.29 is 22.7 Å². The molecule has 8 nitrogen and oxygen atoms in total. The number of para-hydroxylation sites is 2. The molecule has 2 aromatic rings. The van der Waals surface area contributed by atoms with Gasteiger partial charge in [0.25, 0.3) is 0 Å². The van der Waals surface area contributed by atoms with Gasteiger partial charge in [-0.2, -0.15) is 0 Å². The van der Waals surface area contributed by atoms with E-state index in [4.69, 9.17) is 4.74 Å². The highest BCUT2D eigenvalue weighted by atomic mass is 32.2. The molecule has 0 saturated heterocycles. The Kier molecular flexibility index (Phi) is 11.4. The summed E-state index contributed by atoms with van der Waals surface area (Å²) in [6.07, 6.45) is 2.78. The number of anilines is 1. The van der Waals surface area contributed by atoms with E-state index in [0.29, 0.717) is 24.4 Å². The number of amides is 2. The van der Waals surface area contributed by atoms with Crippen LogP contribution in [0, 0.1) is 6.92 Å². The molecule has 0 heterocycles. The molecule has 0 spiro atoms. The van der Waals surface area contributed by atoms with Crippen LogP contribution >= 0.6 is 0 Å². The first-order chi connectivity index (χ1) is 17.5. The van der Waals surface area contributed by atoms with E-state index >= 15 is 0 Å². The number of nitrogens with one attached hydrogen (secondary N) is 1. The van der Waals surface area contributed by atoms with E-state index in [1.807, 2.05) is 52.0 Å². The molecule has 9 heteroatoms. The summed E-state index contributed by atoms with van der Waals surface area (Å²) in [6, 6.07) is 14.1. The molecule has 0 bridgehead atoms. The quantitative estimate of drug-likeness (QED) is 0.393. The van der Waals surface area contributed by atoms with Gasteiger partial charge in [-0.3, -0.25) is 13.9 Å². The number of hydrogen-bond donors (Lipinski definition) is 1. The Hall–Kier alpha value is -3.07. The van der Waals surface area contributed by atoms with E-state index in [1.165, 1.54) is 11.4 Å². The molecule has 1 N–H and O–H groups in total. The average molecular weight is 532 g/mol. The minimum absolute atomic E-state index is 0.00152. The van der Waals surface area contributed by atoms with Gasteiger partial charge in [-0.25, -0.2) is 8.42 Å². The maximum absolute atomic E-state index is 13.5. The van der Waals surface area contributed by atoms with Gasteiger partial charge in [0.05, 0.1) is 19.1 Å². The molecule has 37 heavy (non-hydrogen) atoms. The molecule has 2 rings (SSSR count). The molecule has 0 saturated carbocycles. The predicted molar refractivity (Wildman–Crippen MR) is 148 cm³/mol. The lowest BCUT2D eigenvalue weighted by Gasteiger charge is -2.32. The Morgan fingerprint density at radius 1 is 1.05 bits per heavy atom. The van der Waals surface area contributed by atoms with E-state index < -0.39 is 16.1 Å². The van der Waals surface area contributed by atoms with E-state index in [-0.39, 0.29) is 37.2 Å². The van der Waals surface area contributed by atoms with Crippen molar-refractivity contribution in [2.24, 2.45) is 0 Å². The highest BCUT2D eigenvalue weighted by molar-refractivity contribution is 7.92. The fourth-order valence-corrected chi connectivity index (χ4v) is 5.15. The van der Waals surface area contributed by atoms with Crippen molar-refractivity contribution in [3.05, 3.63) is 59.7 Å². The van der Waals surface area contributed by atoms with Gasteiger partial charge in [-0.1, -0.05) is 55.8 Å². The van der Waals surface area contributed by atoms with E-state index in [0.717, 1.165) is 23.8 Å². The summed E-state index contributed by atoms with van der Waals surface area (Å²) in [5, 5.41) is 3.01. The number of ether oxygens (including phenoxy) is 1. The molecular weight excluding hydrogens is 490 g/mol. The van der Waals surface area contributed by atoms with Crippen molar-refractivity contribution in [1.82, 2.24) is 10.2 Å². The van der Waals surface area contributed by atoms with Crippen LogP contribution < -0.4 is 14.4 Å². The van der Waals surface area contributed by atoms with Crippen molar-refractivity contribution in [3.8, 4) is 5.75 Å². The van der Waals surface area contributed by atoms with Crippen LogP contribution in [-0.4, -0.2) is 57.1 Å². The molecule has 0 aliphatic rings.